The quantitative estimate of drug-likeness (QED) is 0.238. The average molecular weight is 687 g/mol. The minimum absolute atomic E-state index is 0.0315. The number of piperidine rings is 1. The average Bonchev–Trinajstić information content (AvgIpc) is 3.10. The van der Waals surface area contributed by atoms with Crippen molar-refractivity contribution >= 4 is 11.6 Å². The molecule has 49 heavy (non-hydrogen) atoms. The Balaban J connectivity index is 0.908. The summed E-state index contributed by atoms with van der Waals surface area (Å²) >= 11 is 0. The highest BCUT2D eigenvalue weighted by Gasteiger charge is 2.57. The van der Waals surface area contributed by atoms with Crippen LogP contribution in [0.15, 0.2) is 12.2 Å². The Morgan fingerprint density at radius 2 is 1.57 bits per heavy atom. The van der Waals surface area contributed by atoms with Crippen LogP contribution in [0.5, 0.6) is 0 Å². The summed E-state index contributed by atoms with van der Waals surface area (Å²) in [6, 6.07) is -0.621. The van der Waals surface area contributed by atoms with E-state index in [0.29, 0.717) is 24.7 Å². The summed E-state index contributed by atoms with van der Waals surface area (Å²) < 4.78 is 18.9. The first-order chi connectivity index (χ1) is 23.7. The normalized spacial score (nSPS) is 41.8. The second-order valence-electron chi connectivity index (χ2n) is 16.7. The first-order valence-corrected chi connectivity index (χ1v) is 20.2. The van der Waals surface area contributed by atoms with E-state index in [1.165, 1.54) is 58.2 Å². The second-order valence-corrected chi connectivity index (χ2v) is 16.7. The van der Waals surface area contributed by atoms with Crippen LogP contribution in [-0.4, -0.2) is 95.8 Å². The molecule has 4 N–H and O–H groups in total. The van der Waals surface area contributed by atoms with Gasteiger partial charge in [-0.3, -0.25) is 9.59 Å². The summed E-state index contributed by atoms with van der Waals surface area (Å²) in [5, 5.41) is 22.0. The van der Waals surface area contributed by atoms with E-state index >= 15 is 0 Å². The van der Waals surface area contributed by atoms with Crippen LogP contribution < -0.4 is 5.73 Å². The molecule has 0 radical (unpaired) electrons. The van der Waals surface area contributed by atoms with E-state index in [-0.39, 0.29) is 54.9 Å². The van der Waals surface area contributed by atoms with Crippen molar-refractivity contribution in [3.63, 3.8) is 0 Å². The fraction of sp³-hybridized carbons (Fsp3) is 0.900. The zero-order valence-corrected chi connectivity index (χ0v) is 30.3. The van der Waals surface area contributed by atoms with Gasteiger partial charge in [0.05, 0.1) is 36.4 Å². The van der Waals surface area contributed by atoms with Crippen LogP contribution in [0, 0.1) is 41.4 Å². The molecule has 0 aromatic rings. The molecule has 11 atom stereocenters. The lowest BCUT2D eigenvalue weighted by Gasteiger charge is -2.49. The monoisotopic (exact) mass is 686 g/mol. The number of aliphatic hydroxyl groups is 2. The molecule has 0 spiro atoms. The number of hydrogen-bond acceptors (Lipinski definition) is 9. The van der Waals surface area contributed by atoms with Crippen molar-refractivity contribution in [2.24, 2.45) is 47.2 Å². The predicted molar refractivity (Wildman–Crippen MR) is 189 cm³/mol. The predicted octanol–water partition coefficient (Wildman–Crippen LogP) is 5.19. The highest BCUT2D eigenvalue weighted by atomic mass is 16.7. The topological polar surface area (TPSA) is 132 Å². The number of likely N-dealkylation sites (tertiary alicyclic amines) is 1. The summed E-state index contributed by atoms with van der Waals surface area (Å²) in [7, 11) is 0. The third kappa shape index (κ3) is 9.24. The van der Waals surface area contributed by atoms with Gasteiger partial charge in [0.15, 0.2) is 6.29 Å². The van der Waals surface area contributed by atoms with E-state index in [2.05, 4.69) is 30.9 Å². The molecule has 0 aromatic carbocycles. The Bertz CT molecular complexity index is 1100. The molecular formula is C40H66N2O7. The molecule has 9 heteroatoms. The van der Waals surface area contributed by atoms with Crippen molar-refractivity contribution in [3.05, 3.63) is 12.2 Å². The number of allylic oxidation sites excluding steroid dienone is 2. The van der Waals surface area contributed by atoms with Crippen LogP contribution in [0.1, 0.15) is 117 Å². The lowest BCUT2D eigenvalue weighted by molar-refractivity contribution is -0.267. The van der Waals surface area contributed by atoms with Crippen molar-refractivity contribution < 1.29 is 34.0 Å². The third-order valence-electron chi connectivity index (χ3n) is 13.2. The van der Waals surface area contributed by atoms with Crippen LogP contribution >= 0.6 is 0 Å². The Labute approximate surface area is 295 Å². The minimum Gasteiger partial charge on any atom is -0.393 e. The number of ketones is 2. The molecule has 11 unspecified atom stereocenters. The van der Waals surface area contributed by atoms with E-state index in [1.54, 1.807) is 0 Å². The minimum atomic E-state index is -0.919. The van der Waals surface area contributed by atoms with Gasteiger partial charge in [-0.1, -0.05) is 38.3 Å². The largest absolute Gasteiger partial charge is 0.393 e. The zero-order chi connectivity index (χ0) is 34.5. The van der Waals surface area contributed by atoms with Gasteiger partial charge in [-0.05, 0) is 115 Å². The summed E-state index contributed by atoms with van der Waals surface area (Å²) in [5.41, 5.74) is 6.60. The summed E-state index contributed by atoms with van der Waals surface area (Å²) in [6.07, 6.45) is 17.9. The summed E-state index contributed by atoms with van der Waals surface area (Å²) in [4.78, 5) is 29.4. The zero-order valence-electron chi connectivity index (χ0n) is 30.3. The maximum atomic E-state index is 13.5. The molecule has 6 aliphatic rings. The number of aliphatic hydroxyl groups excluding tert-OH is 2. The van der Waals surface area contributed by atoms with Gasteiger partial charge in [-0.2, -0.15) is 0 Å². The first kappa shape index (κ1) is 37.6. The highest BCUT2D eigenvalue weighted by molar-refractivity contribution is 6.00. The number of nitrogens with two attached hydrogens (primary N) is 1. The summed E-state index contributed by atoms with van der Waals surface area (Å²) in [5.74, 6) is -0.0427. The van der Waals surface area contributed by atoms with Gasteiger partial charge in [0.1, 0.15) is 11.6 Å². The van der Waals surface area contributed by atoms with Gasteiger partial charge in [0.2, 0.25) is 0 Å². The smallest absolute Gasteiger partial charge is 0.161 e. The maximum Gasteiger partial charge on any atom is 0.161 e. The van der Waals surface area contributed by atoms with Crippen molar-refractivity contribution in [1.82, 2.24) is 4.90 Å². The molecule has 0 aromatic heterocycles. The number of ether oxygens (including phenoxy) is 3. The number of hydrogen-bond donors (Lipinski definition) is 3. The molecule has 0 bridgehead atoms. The molecule has 2 aliphatic heterocycles. The van der Waals surface area contributed by atoms with E-state index < -0.39 is 36.2 Å². The lowest BCUT2D eigenvalue weighted by atomic mass is 9.56. The number of carbonyl (C=O) groups is 2. The Hall–Kier alpha value is -1.20. The molecule has 2 saturated heterocycles. The SMILES string of the molecule is CCCCN1CCC(/C=C/C2CCC(C3OC(C)CC(CC(O)CCOC4CC(O)C5C(=O)C6CCCCC6C(=O)C5C4N)O3)CC2)CC1. The molecule has 0 amide bonds. The van der Waals surface area contributed by atoms with E-state index in [9.17, 15) is 19.8 Å². The summed E-state index contributed by atoms with van der Waals surface area (Å²) in [6.45, 7) is 8.39. The molecule has 4 saturated carbocycles. The Kier molecular flexibility index (Phi) is 13.4. The lowest BCUT2D eigenvalue weighted by Crippen LogP contribution is -2.64. The van der Waals surface area contributed by atoms with Gasteiger partial charge < -0.3 is 35.1 Å². The molecule has 4 aliphatic carbocycles. The second kappa shape index (κ2) is 17.5. The van der Waals surface area contributed by atoms with Crippen molar-refractivity contribution in [3.8, 4) is 0 Å². The highest BCUT2D eigenvalue weighted by Crippen LogP contribution is 2.46. The molecule has 278 valence electrons. The van der Waals surface area contributed by atoms with Crippen LogP contribution in [0.3, 0.4) is 0 Å². The molecule has 2 heterocycles. The number of nitrogens with zero attached hydrogens (tertiary/aromatic N) is 1. The van der Waals surface area contributed by atoms with Crippen LogP contribution in [-0.2, 0) is 23.8 Å². The number of carbonyl (C=O) groups excluding carboxylic acids is 2. The number of fused-ring (bicyclic) bond motifs is 2. The fourth-order valence-electron chi connectivity index (χ4n) is 10.2. The third-order valence-corrected chi connectivity index (χ3v) is 13.2. The van der Waals surface area contributed by atoms with Gasteiger partial charge in [0, 0.05) is 42.7 Å². The van der Waals surface area contributed by atoms with E-state index in [1.807, 2.05) is 0 Å². The van der Waals surface area contributed by atoms with Crippen LogP contribution in [0.25, 0.3) is 0 Å². The fourth-order valence-corrected chi connectivity index (χ4v) is 10.2. The van der Waals surface area contributed by atoms with Gasteiger partial charge in [0.25, 0.3) is 0 Å². The van der Waals surface area contributed by atoms with Gasteiger partial charge >= 0.3 is 0 Å². The van der Waals surface area contributed by atoms with E-state index in [0.717, 1.165) is 50.9 Å². The van der Waals surface area contributed by atoms with Crippen molar-refractivity contribution in [2.75, 3.05) is 26.2 Å². The Morgan fingerprint density at radius 3 is 2.24 bits per heavy atom. The van der Waals surface area contributed by atoms with Crippen LogP contribution in [0.4, 0.5) is 0 Å². The number of Topliss-reactive ketones (excluding diaryl/α,β-unsaturated/α-hetero) is 2. The van der Waals surface area contributed by atoms with E-state index in [4.69, 9.17) is 19.9 Å². The number of rotatable bonds is 12. The van der Waals surface area contributed by atoms with Crippen molar-refractivity contribution in [2.45, 2.75) is 159 Å². The Morgan fingerprint density at radius 1 is 0.918 bits per heavy atom. The number of unbranched alkanes of at least 4 members (excludes halogenated alkanes) is 1. The first-order valence-electron chi connectivity index (χ1n) is 20.2. The standard InChI is InChI=1S/C40H66N2O7/c1-3-4-18-42-19-15-27(16-20-42)10-9-26-11-13-28(14-12-26)40-48-25(2)22-30(49-40)23-29(43)17-21-47-34-24-33(44)35-36(37(34)41)39(46)32-8-6-5-7-31(32)38(35)45/h9-10,25-37,40,43-44H,3-8,11-24,41H2,1-2H3/b10-9+. The van der Waals surface area contributed by atoms with Gasteiger partial charge in [-0.15, -0.1) is 0 Å². The van der Waals surface area contributed by atoms with Crippen LogP contribution in [0.2, 0.25) is 0 Å². The molecular weight excluding hydrogens is 620 g/mol. The molecule has 6 rings (SSSR count). The molecule has 9 nitrogen and oxygen atoms in total. The van der Waals surface area contributed by atoms with Crippen molar-refractivity contribution in [1.29, 1.82) is 0 Å². The maximum absolute atomic E-state index is 13.5. The molecule has 6 fully saturated rings. The van der Waals surface area contributed by atoms with Gasteiger partial charge in [-0.25, -0.2) is 0 Å².